The van der Waals surface area contributed by atoms with E-state index in [9.17, 15) is 0 Å². The molecule has 18 heavy (non-hydrogen) atoms. The zero-order valence-corrected chi connectivity index (χ0v) is 13.8. The van der Waals surface area contributed by atoms with Crippen molar-refractivity contribution in [1.82, 2.24) is 9.97 Å². The first-order chi connectivity index (χ1) is 8.72. The highest BCUT2D eigenvalue weighted by atomic mass is 79.9. The average Bonchev–Trinajstić information content (AvgIpc) is 2.35. The average molecular weight is 332 g/mol. The summed E-state index contributed by atoms with van der Waals surface area (Å²) < 4.78 is 1.02. The van der Waals surface area contributed by atoms with Gasteiger partial charge in [0, 0.05) is 6.54 Å². The highest BCUT2D eigenvalue weighted by Gasteiger charge is 2.11. The number of aryl methyl sites for hydroxylation is 1. The Morgan fingerprint density at radius 2 is 1.94 bits per heavy atom. The SMILES string of the molecule is CCCSCc1nc(CCC)c(Br)c(NCC)n1. The Morgan fingerprint density at radius 3 is 2.56 bits per heavy atom. The van der Waals surface area contributed by atoms with E-state index in [1.165, 1.54) is 12.2 Å². The molecule has 0 radical (unpaired) electrons. The number of nitrogens with zero attached hydrogens (tertiary/aromatic N) is 2. The van der Waals surface area contributed by atoms with Crippen LogP contribution in [0, 0.1) is 0 Å². The topological polar surface area (TPSA) is 37.8 Å². The highest BCUT2D eigenvalue weighted by molar-refractivity contribution is 9.10. The van der Waals surface area contributed by atoms with Gasteiger partial charge in [0.25, 0.3) is 0 Å². The number of halogens is 1. The molecule has 0 aliphatic rings. The third-order valence-electron chi connectivity index (χ3n) is 2.38. The van der Waals surface area contributed by atoms with Crippen molar-refractivity contribution in [3.63, 3.8) is 0 Å². The molecular formula is C13H22BrN3S. The van der Waals surface area contributed by atoms with Crippen LogP contribution in [0.2, 0.25) is 0 Å². The molecule has 0 bridgehead atoms. The monoisotopic (exact) mass is 331 g/mol. The number of hydrogen-bond acceptors (Lipinski definition) is 4. The van der Waals surface area contributed by atoms with Crippen LogP contribution in [0.25, 0.3) is 0 Å². The van der Waals surface area contributed by atoms with Crippen LogP contribution in [-0.4, -0.2) is 22.3 Å². The fraction of sp³-hybridized carbons (Fsp3) is 0.692. The second-order valence-corrected chi connectivity index (χ2v) is 5.98. The minimum absolute atomic E-state index is 0.878. The third kappa shape index (κ3) is 4.76. The Bertz CT molecular complexity index is 344. The largest absolute Gasteiger partial charge is 0.369 e. The fourth-order valence-electron chi connectivity index (χ4n) is 1.60. The molecule has 1 heterocycles. The molecule has 0 amide bonds. The van der Waals surface area contributed by atoms with Gasteiger partial charge in [0.1, 0.15) is 11.6 Å². The smallest absolute Gasteiger partial charge is 0.144 e. The van der Waals surface area contributed by atoms with Crippen LogP contribution in [-0.2, 0) is 12.2 Å². The molecule has 3 nitrogen and oxygen atoms in total. The van der Waals surface area contributed by atoms with Gasteiger partial charge in [-0.3, -0.25) is 0 Å². The summed E-state index contributed by atoms with van der Waals surface area (Å²) in [6.45, 7) is 7.33. The second kappa shape index (κ2) is 8.75. The molecular weight excluding hydrogens is 310 g/mol. The highest BCUT2D eigenvalue weighted by Crippen LogP contribution is 2.25. The Hall–Kier alpha value is -0.290. The van der Waals surface area contributed by atoms with Crippen LogP contribution < -0.4 is 5.32 Å². The zero-order chi connectivity index (χ0) is 13.4. The molecule has 1 N–H and O–H groups in total. The van der Waals surface area contributed by atoms with Gasteiger partial charge in [-0.05, 0) is 41.4 Å². The van der Waals surface area contributed by atoms with Crippen molar-refractivity contribution in [1.29, 1.82) is 0 Å². The zero-order valence-electron chi connectivity index (χ0n) is 11.4. The van der Waals surface area contributed by atoms with Crippen molar-refractivity contribution in [2.75, 3.05) is 17.6 Å². The molecule has 1 aromatic rings. The van der Waals surface area contributed by atoms with Gasteiger partial charge in [-0.1, -0.05) is 20.3 Å². The molecule has 1 rings (SSSR count). The molecule has 1 aromatic heterocycles. The Morgan fingerprint density at radius 1 is 1.17 bits per heavy atom. The number of thioether (sulfide) groups is 1. The summed E-state index contributed by atoms with van der Waals surface area (Å²) in [5, 5.41) is 3.30. The van der Waals surface area contributed by atoms with E-state index >= 15 is 0 Å². The molecule has 0 unspecified atom stereocenters. The van der Waals surface area contributed by atoms with Gasteiger partial charge < -0.3 is 5.32 Å². The predicted octanol–water partition coefficient (Wildman–Crippen LogP) is 4.27. The van der Waals surface area contributed by atoms with Crippen molar-refractivity contribution >= 4 is 33.5 Å². The first kappa shape index (κ1) is 15.8. The molecule has 0 saturated heterocycles. The van der Waals surface area contributed by atoms with E-state index in [2.05, 4.69) is 52.0 Å². The van der Waals surface area contributed by atoms with Gasteiger partial charge in [-0.15, -0.1) is 0 Å². The Labute approximate surface area is 123 Å². The van der Waals surface area contributed by atoms with Crippen molar-refractivity contribution in [3.05, 3.63) is 16.0 Å². The first-order valence-electron chi connectivity index (χ1n) is 6.59. The standard InChI is InChI=1S/C13H22BrN3S/c1-4-7-10-12(14)13(15-6-3)17-11(16-10)9-18-8-5-2/h4-9H2,1-3H3,(H,15,16,17). The van der Waals surface area contributed by atoms with Crippen LogP contribution in [0.1, 0.15) is 45.1 Å². The van der Waals surface area contributed by atoms with Crippen LogP contribution in [0.3, 0.4) is 0 Å². The lowest BCUT2D eigenvalue weighted by Crippen LogP contribution is -2.07. The normalized spacial score (nSPS) is 10.7. The lowest BCUT2D eigenvalue weighted by molar-refractivity contribution is 0.845. The maximum atomic E-state index is 4.66. The summed E-state index contributed by atoms with van der Waals surface area (Å²) >= 11 is 5.50. The lowest BCUT2D eigenvalue weighted by Gasteiger charge is -2.11. The number of aromatic nitrogens is 2. The minimum atomic E-state index is 0.878. The number of anilines is 1. The molecule has 0 aliphatic heterocycles. The van der Waals surface area contributed by atoms with Crippen molar-refractivity contribution < 1.29 is 0 Å². The number of nitrogens with one attached hydrogen (secondary N) is 1. The number of hydrogen-bond donors (Lipinski definition) is 1. The summed E-state index contributed by atoms with van der Waals surface area (Å²) in [5.74, 6) is 3.94. The van der Waals surface area contributed by atoms with Gasteiger partial charge in [0.05, 0.1) is 15.9 Å². The summed E-state index contributed by atoms with van der Waals surface area (Å²) in [4.78, 5) is 9.24. The van der Waals surface area contributed by atoms with E-state index in [0.717, 1.165) is 46.9 Å². The first-order valence-corrected chi connectivity index (χ1v) is 8.54. The quantitative estimate of drug-likeness (QED) is 0.722. The summed E-state index contributed by atoms with van der Waals surface area (Å²) in [6, 6.07) is 0. The maximum absolute atomic E-state index is 4.66. The number of rotatable bonds is 8. The van der Waals surface area contributed by atoms with Gasteiger partial charge in [-0.2, -0.15) is 11.8 Å². The van der Waals surface area contributed by atoms with Gasteiger partial charge in [0.15, 0.2) is 0 Å². The van der Waals surface area contributed by atoms with E-state index in [4.69, 9.17) is 0 Å². The summed E-state index contributed by atoms with van der Waals surface area (Å²) in [6.07, 6.45) is 3.29. The third-order valence-corrected chi connectivity index (χ3v) is 4.37. The summed E-state index contributed by atoms with van der Waals surface area (Å²) in [5.41, 5.74) is 1.12. The molecule has 0 fully saturated rings. The second-order valence-electron chi connectivity index (χ2n) is 4.08. The van der Waals surface area contributed by atoms with Gasteiger partial charge in [0.2, 0.25) is 0 Å². The van der Waals surface area contributed by atoms with E-state index in [1.54, 1.807) is 0 Å². The van der Waals surface area contributed by atoms with Crippen molar-refractivity contribution in [2.45, 2.75) is 45.8 Å². The summed E-state index contributed by atoms with van der Waals surface area (Å²) in [7, 11) is 0. The molecule has 0 atom stereocenters. The minimum Gasteiger partial charge on any atom is -0.369 e. The molecule has 102 valence electrons. The van der Waals surface area contributed by atoms with E-state index < -0.39 is 0 Å². The van der Waals surface area contributed by atoms with Crippen molar-refractivity contribution in [3.8, 4) is 0 Å². The predicted molar refractivity (Wildman–Crippen MR) is 84.3 cm³/mol. The maximum Gasteiger partial charge on any atom is 0.144 e. The van der Waals surface area contributed by atoms with Crippen LogP contribution in [0.4, 0.5) is 5.82 Å². The van der Waals surface area contributed by atoms with Gasteiger partial charge in [-0.25, -0.2) is 9.97 Å². The van der Waals surface area contributed by atoms with Crippen molar-refractivity contribution in [2.24, 2.45) is 0 Å². The van der Waals surface area contributed by atoms with Gasteiger partial charge >= 0.3 is 0 Å². The van der Waals surface area contributed by atoms with E-state index in [-0.39, 0.29) is 0 Å². The van der Waals surface area contributed by atoms with E-state index in [1.807, 2.05) is 11.8 Å². The van der Waals surface area contributed by atoms with Crippen LogP contribution >= 0.6 is 27.7 Å². The molecule has 0 aliphatic carbocycles. The molecule has 5 heteroatoms. The van der Waals surface area contributed by atoms with Crippen LogP contribution in [0.5, 0.6) is 0 Å². The molecule has 0 aromatic carbocycles. The Balaban J connectivity index is 2.88. The van der Waals surface area contributed by atoms with E-state index in [0.29, 0.717) is 0 Å². The molecule has 0 saturated carbocycles. The van der Waals surface area contributed by atoms with Crippen LogP contribution in [0.15, 0.2) is 4.47 Å². The molecule has 0 spiro atoms. The Kier molecular flexibility index (Phi) is 7.66. The fourth-order valence-corrected chi connectivity index (χ4v) is 2.86. The lowest BCUT2D eigenvalue weighted by atomic mass is 10.2.